The molecule has 0 saturated carbocycles. The van der Waals surface area contributed by atoms with Crippen molar-refractivity contribution in [1.82, 2.24) is 4.90 Å². The van der Waals surface area contributed by atoms with E-state index >= 15 is 0 Å². The second kappa shape index (κ2) is 8.36. The van der Waals surface area contributed by atoms with E-state index in [9.17, 15) is 10.2 Å². The van der Waals surface area contributed by atoms with Crippen LogP contribution >= 0.6 is 0 Å². The minimum atomic E-state index is 0.273. The molecule has 144 valence electrons. The molecule has 1 unspecified atom stereocenters. The number of aromatic hydroxyl groups is 2. The minimum Gasteiger partial charge on any atom is -0.508 e. The lowest BCUT2D eigenvalue weighted by molar-refractivity contribution is 0.184. The van der Waals surface area contributed by atoms with Gasteiger partial charge in [-0.1, -0.05) is 48.5 Å². The van der Waals surface area contributed by atoms with E-state index in [2.05, 4.69) is 52.3 Å². The lowest BCUT2D eigenvalue weighted by Gasteiger charge is -2.40. The number of anilines is 1. The monoisotopic (exact) mass is 374 g/mol. The molecule has 0 bridgehead atoms. The smallest absolute Gasteiger partial charge is 0.117 e. The standard InChI is InChI=1S/C24H26N2O2/c27-22-10-4-6-19(16-22)17-24(20-7-2-1-3-8-20)26-14-12-25(13-15-26)21-9-5-11-23(28)18-21/h1-11,16,18,24,27-28H,12-15,17H2. The van der Waals surface area contributed by atoms with E-state index in [4.69, 9.17) is 0 Å². The Morgan fingerprint density at radius 3 is 2.07 bits per heavy atom. The zero-order chi connectivity index (χ0) is 19.3. The second-order valence-electron chi connectivity index (χ2n) is 7.34. The number of piperazine rings is 1. The molecular weight excluding hydrogens is 348 g/mol. The number of benzene rings is 3. The Kier molecular flexibility index (Phi) is 5.49. The van der Waals surface area contributed by atoms with Crippen molar-refractivity contribution in [3.8, 4) is 11.5 Å². The highest BCUT2D eigenvalue weighted by Crippen LogP contribution is 2.29. The van der Waals surface area contributed by atoms with Crippen LogP contribution in [0.3, 0.4) is 0 Å². The summed E-state index contributed by atoms with van der Waals surface area (Å²) in [6, 6.07) is 25.9. The van der Waals surface area contributed by atoms with E-state index in [0.717, 1.165) is 43.9 Å². The van der Waals surface area contributed by atoms with Crippen molar-refractivity contribution in [3.63, 3.8) is 0 Å². The van der Waals surface area contributed by atoms with Crippen LogP contribution in [0.5, 0.6) is 11.5 Å². The Morgan fingerprint density at radius 2 is 1.39 bits per heavy atom. The molecule has 4 heteroatoms. The van der Waals surface area contributed by atoms with E-state index < -0.39 is 0 Å². The van der Waals surface area contributed by atoms with Crippen molar-refractivity contribution in [2.24, 2.45) is 0 Å². The number of nitrogens with zero attached hydrogens (tertiary/aromatic N) is 2. The molecule has 0 aliphatic carbocycles. The first-order chi connectivity index (χ1) is 13.7. The summed E-state index contributed by atoms with van der Waals surface area (Å²) in [6.45, 7) is 3.75. The average Bonchev–Trinajstić information content (AvgIpc) is 2.73. The zero-order valence-corrected chi connectivity index (χ0v) is 15.9. The van der Waals surface area contributed by atoms with Crippen molar-refractivity contribution < 1.29 is 10.2 Å². The van der Waals surface area contributed by atoms with Crippen molar-refractivity contribution >= 4 is 5.69 Å². The molecule has 0 spiro atoms. The van der Waals surface area contributed by atoms with E-state index in [1.165, 1.54) is 5.56 Å². The molecule has 3 aromatic rings. The molecule has 1 atom stereocenters. The SMILES string of the molecule is Oc1cccc(CC(c2ccccc2)N2CCN(c3cccc(O)c3)CC2)c1. The molecule has 0 amide bonds. The van der Waals surface area contributed by atoms with E-state index in [0.29, 0.717) is 11.5 Å². The summed E-state index contributed by atoms with van der Waals surface area (Å²) in [5, 5.41) is 19.6. The summed E-state index contributed by atoms with van der Waals surface area (Å²) < 4.78 is 0. The Hall–Kier alpha value is -2.98. The quantitative estimate of drug-likeness (QED) is 0.703. The molecule has 1 aliphatic rings. The fourth-order valence-electron chi connectivity index (χ4n) is 4.02. The van der Waals surface area contributed by atoms with Crippen LogP contribution in [0.1, 0.15) is 17.2 Å². The van der Waals surface area contributed by atoms with Crippen LogP contribution in [-0.4, -0.2) is 41.3 Å². The van der Waals surface area contributed by atoms with Crippen LogP contribution in [0.15, 0.2) is 78.9 Å². The highest BCUT2D eigenvalue weighted by Gasteiger charge is 2.25. The van der Waals surface area contributed by atoms with Gasteiger partial charge in [-0.2, -0.15) is 0 Å². The van der Waals surface area contributed by atoms with Gasteiger partial charge in [0, 0.05) is 44.0 Å². The molecule has 1 saturated heterocycles. The molecule has 0 radical (unpaired) electrons. The van der Waals surface area contributed by atoms with Crippen LogP contribution in [0.4, 0.5) is 5.69 Å². The topological polar surface area (TPSA) is 46.9 Å². The molecule has 1 heterocycles. The molecule has 4 nitrogen and oxygen atoms in total. The molecule has 2 N–H and O–H groups in total. The fourth-order valence-corrected chi connectivity index (χ4v) is 4.02. The lowest BCUT2D eigenvalue weighted by Crippen LogP contribution is -2.48. The van der Waals surface area contributed by atoms with Gasteiger partial charge in [0.05, 0.1) is 0 Å². The van der Waals surface area contributed by atoms with Gasteiger partial charge in [0.1, 0.15) is 11.5 Å². The summed E-state index contributed by atoms with van der Waals surface area (Å²) in [5.74, 6) is 0.629. The first kappa shape index (κ1) is 18.4. The van der Waals surface area contributed by atoms with Gasteiger partial charge in [-0.15, -0.1) is 0 Å². The van der Waals surface area contributed by atoms with Gasteiger partial charge in [0.2, 0.25) is 0 Å². The normalized spacial score (nSPS) is 16.1. The molecule has 1 fully saturated rings. The first-order valence-corrected chi connectivity index (χ1v) is 9.80. The van der Waals surface area contributed by atoms with Gasteiger partial charge in [-0.05, 0) is 41.8 Å². The molecule has 0 aromatic heterocycles. The number of hydrogen-bond donors (Lipinski definition) is 2. The van der Waals surface area contributed by atoms with Gasteiger partial charge < -0.3 is 15.1 Å². The number of hydrogen-bond acceptors (Lipinski definition) is 4. The Morgan fingerprint density at radius 1 is 0.714 bits per heavy atom. The zero-order valence-electron chi connectivity index (χ0n) is 15.9. The van der Waals surface area contributed by atoms with Gasteiger partial charge in [-0.3, -0.25) is 4.90 Å². The van der Waals surface area contributed by atoms with Crippen molar-refractivity contribution in [2.75, 3.05) is 31.1 Å². The van der Waals surface area contributed by atoms with Crippen molar-refractivity contribution in [1.29, 1.82) is 0 Å². The molecule has 4 rings (SSSR count). The minimum absolute atomic E-state index is 0.273. The summed E-state index contributed by atoms with van der Waals surface area (Å²) >= 11 is 0. The third-order valence-electron chi connectivity index (χ3n) is 5.47. The van der Waals surface area contributed by atoms with Gasteiger partial charge in [0.25, 0.3) is 0 Å². The molecular formula is C24H26N2O2. The lowest BCUT2D eigenvalue weighted by atomic mass is 9.96. The van der Waals surface area contributed by atoms with E-state index in [1.54, 1.807) is 12.1 Å². The van der Waals surface area contributed by atoms with Crippen molar-refractivity contribution in [2.45, 2.75) is 12.5 Å². The predicted molar refractivity (Wildman–Crippen MR) is 113 cm³/mol. The predicted octanol–water partition coefficient (Wildman–Crippen LogP) is 4.20. The van der Waals surface area contributed by atoms with Gasteiger partial charge in [0.15, 0.2) is 0 Å². The highest BCUT2D eigenvalue weighted by molar-refractivity contribution is 5.50. The Bertz CT molecular complexity index is 905. The molecule has 3 aromatic carbocycles. The fraction of sp³-hybridized carbons (Fsp3) is 0.250. The van der Waals surface area contributed by atoms with Crippen LogP contribution < -0.4 is 4.90 Å². The average molecular weight is 374 g/mol. The highest BCUT2D eigenvalue weighted by atomic mass is 16.3. The summed E-state index contributed by atoms with van der Waals surface area (Å²) in [6.07, 6.45) is 0.866. The summed E-state index contributed by atoms with van der Waals surface area (Å²) in [4.78, 5) is 4.85. The van der Waals surface area contributed by atoms with Crippen LogP contribution in [-0.2, 0) is 6.42 Å². The number of phenols is 2. The van der Waals surface area contributed by atoms with Crippen LogP contribution in [0, 0.1) is 0 Å². The number of rotatable bonds is 5. The van der Waals surface area contributed by atoms with E-state index in [1.807, 2.05) is 24.3 Å². The first-order valence-electron chi connectivity index (χ1n) is 9.80. The maximum Gasteiger partial charge on any atom is 0.117 e. The van der Waals surface area contributed by atoms with E-state index in [-0.39, 0.29) is 6.04 Å². The number of phenolic OH excluding ortho intramolecular Hbond substituents is 2. The maximum absolute atomic E-state index is 9.85. The molecule has 28 heavy (non-hydrogen) atoms. The second-order valence-corrected chi connectivity index (χ2v) is 7.34. The largest absolute Gasteiger partial charge is 0.508 e. The third kappa shape index (κ3) is 4.29. The Balaban J connectivity index is 1.51. The van der Waals surface area contributed by atoms with Gasteiger partial charge >= 0.3 is 0 Å². The van der Waals surface area contributed by atoms with Crippen LogP contribution in [0.25, 0.3) is 0 Å². The summed E-state index contributed by atoms with van der Waals surface area (Å²) in [5.41, 5.74) is 3.52. The summed E-state index contributed by atoms with van der Waals surface area (Å²) in [7, 11) is 0. The Labute approximate surface area is 166 Å². The maximum atomic E-state index is 9.85. The van der Waals surface area contributed by atoms with Crippen molar-refractivity contribution in [3.05, 3.63) is 90.0 Å². The van der Waals surface area contributed by atoms with Gasteiger partial charge in [-0.25, -0.2) is 0 Å². The third-order valence-corrected chi connectivity index (χ3v) is 5.47. The van der Waals surface area contributed by atoms with Crippen LogP contribution in [0.2, 0.25) is 0 Å². The molecule has 1 aliphatic heterocycles.